The van der Waals surface area contributed by atoms with Crippen LogP contribution in [-0.4, -0.2) is 21.4 Å². The molecule has 0 unspecified atom stereocenters. The first-order valence-corrected chi connectivity index (χ1v) is 9.62. The van der Waals surface area contributed by atoms with Gasteiger partial charge in [0.05, 0.1) is 6.61 Å². The van der Waals surface area contributed by atoms with Crippen LogP contribution in [0.3, 0.4) is 0 Å². The molecule has 0 aliphatic carbocycles. The van der Waals surface area contributed by atoms with E-state index in [4.69, 9.17) is 27.9 Å². The van der Waals surface area contributed by atoms with Crippen LogP contribution in [0.5, 0.6) is 5.75 Å². The molecule has 0 radical (unpaired) electrons. The molecule has 6 heteroatoms. The van der Waals surface area contributed by atoms with Crippen molar-refractivity contribution in [3.05, 3.63) is 82.8 Å². The average Bonchev–Trinajstić information content (AvgIpc) is 3.15. The third-order valence-electron chi connectivity index (χ3n) is 4.27. The summed E-state index contributed by atoms with van der Waals surface area (Å²) in [5.74, 6) is 2.28. The minimum atomic E-state index is 0.626. The highest BCUT2D eigenvalue weighted by atomic mass is 35.5. The Bertz CT molecular complexity index is 1070. The van der Waals surface area contributed by atoms with E-state index in [2.05, 4.69) is 10.2 Å². The summed E-state index contributed by atoms with van der Waals surface area (Å²) < 4.78 is 7.55. The van der Waals surface area contributed by atoms with E-state index in [1.165, 1.54) is 0 Å². The second-order valence-corrected chi connectivity index (χ2v) is 7.00. The molecule has 1 heterocycles. The molecule has 3 aromatic carbocycles. The van der Waals surface area contributed by atoms with Gasteiger partial charge in [0, 0.05) is 26.9 Å². The van der Waals surface area contributed by atoms with Crippen molar-refractivity contribution in [2.75, 3.05) is 6.61 Å². The molecule has 0 bridgehead atoms. The Morgan fingerprint density at radius 2 is 1.18 bits per heavy atom. The van der Waals surface area contributed by atoms with Gasteiger partial charge in [-0.2, -0.15) is 0 Å². The van der Waals surface area contributed by atoms with E-state index in [1.807, 2.05) is 84.3 Å². The van der Waals surface area contributed by atoms with Crippen molar-refractivity contribution < 1.29 is 4.74 Å². The van der Waals surface area contributed by atoms with Gasteiger partial charge in [-0.25, -0.2) is 0 Å². The molecular weight excluding hydrogens is 393 g/mol. The fourth-order valence-corrected chi connectivity index (χ4v) is 3.21. The van der Waals surface area contributed by atoms with Gasteiger partial charge in [0.1, 0.15) is 5.75 Å². The molecule has 0 saturated carbocycles. The van der Waals surface area contributed by atoms with E-state index in [-0.39, 0.29) is 0 Å². The normalized spacial score (nSPS) is 10.8. The van der Waals surface area contributed by atoms with E-state index in [0.717, 1.165) is 34.2 Å². The lowest BCUT2D eigenvalue weighted by molar-refractivity contribution is 0.340. The number of hydrogen-bond acceptors (Lipinski definition) is 3. The van der Waals surface area contributed by atoms with E-state index in [9.17, 15) is 0 Å². The Hall–Kier alpha value is -2.82. The number of aromatic nitrogens is 3. The fraction of sp³-hybridized carbons (Fsp3) is 0.0909. The number of nitrogens with zero attached hydrogens (tertiary/aromatic N) is 3. The lowest BCUT2D eigenvalue weighted by atomic mass is 10.1. The zero-order valence-corrected chi connectivity index (χ0v) is 16.7. The summed E-state index contributed by atoms with van der Waals surface area (Å²) in [5, 5.41) is 10.3. The lowest BCUT2D eigenvalue weighted by Crippen LogP contribution is -2.00. The maximum absolute atomic E-state index is 6.08. The van der Waals surface area contributed by atoms with Gasteiger partial charge in [-0.3, -0.25) is 4.57 Å². The highest BCUT2D eigenvalue weighted by molar-refractivity contribution is 6.30. The molecular formula is C22H17Cl2N3O. The summed E-state index contributed by atoms with van der Waals surface area (Å²) in [6.45, 7) is 2.59. The standard InChI is InChI=1S/C22H17Cl2N3O/c1-2-28-20-13-5-16(6-14-20)22-26-25-21(15-3-7-17(23)8-4-15)27(22)19-11-9-18(24)10-12-19/h3-14H,2H2,1H3. The predicted molar refractivity (Wildman–Crippen MR) is 113 cm³/mol. The van der Waals surface area contributed by atoms with E-state index in [1.54, 1.807) is 0 Å². The van der Waals surface area contributed by atoms with Crippen molar-refractivity contribution in [1.29, 1.82) is 0 Å². The SMILES string of the molecule is CCOc1ccc(-c2nnc(-c3ccc(Cl)cc3)n2-c2ccc(Cl)cc2)cc1. The van der Waals surface area contributed by atoms with Gasteiger partial charge in [-0.05, 0) is 79.7 Å². The van der Waals surface area contributed by atoms with Gasteiger partial charge in [0.2, 0.25) is 0 Å². The van der Waals surface area contributed by atoms with Crippen LogP contribution >= 0.6 is 23.2 Å². The van der Waals surface area contributed by atoms with Crippen LogP contribution in [0, 0.1) is 0 Å². The van der Waals surface area contributed by atoms with Crippen LogP contribution in [0.1, 0.15) is 6.92 Å². The lowest BCUT2D eigenvalue weighted by Gasteiger charge is -2.11. The molecule has 0 fully saturated rings. The van der Waals surface area contributed by atoms with Crippen molar-refractivity contribution in [2.24, 2.45) is 0 Å². The van der Waals surface area contributed by atoms with Gasteiger partial charge in [-0.1, -0.05) is 23.2 Å². The average molecular weight is 410 g/mol. The summed E-state index contributed by atoms with van der Waals surface area (Å²) in [7, 11) is 0. The Labute approximate surface area is 173 Å². The number of benzene rings is 3. The minimum absolute atomic E-state index is 0.626. The third kappa shape index (κ3) is 3.75. The second-order valence-electron chi connectivity index (χ2n) is 6.12. The summed E-state index contributed by atoms with van der Waals surface area (Å²) in [4.78, 5) is 0. The summed E-state index contributed by atoms with van der Waals surface area (Å²) in [6, 6.07) is 23.0. The van der Waals surface area contributed by atoms with Gasteiger partial charge in [0.25, 0.3) is 0 Å². The molecule has 0 aliphatic heterocycles. The van der Waals surface area contributed by atoms with Crippen LogP contribution in [0.15, 0.2) is 72.8 Å². The van der Waals surface area contributed by atoms with Crippen molar-refractivity contribution in [1.82, 2.24) is 14.8 Å². The Balaban J connectivity index is 1.86. The fourth-order valence-electron chi connectivity index (χ4n) is 2.96. The molecule has 0 atom stereocenters. The van der Waals surface area contributed by atoms with Crippen molar-refractivity contribution in [3.63, 3.8) is 0 Å². The number of ether oxygens (including phenoxy) is 1. The summed E-state index contributed by atoms with van der Waals surface area (Å²) >= 11 is 12.1. The van der Waals surface area contributed by atoms with Crippen molar-refractivity contribution >= 4 is 23.2 Å². The molecule has 0 spiro atoms. The molecule has 0 N–H and O–H groups in total. The van der Waals surface area contributed by atoms with Gasteiger partial charge in [0.15, 0.2) is 11.6 Å². The molecule has 4 nitrogen and oxygen atoms in total. The van der Waals surface area contributed by atoms with E-state index < -0.39 is 0 Å². The zero-order valence-electron chi connectivity index (χ0n) is 15.1. The third-order valence-corrected chi connectivity index (χ3v) is 4.78. The Kier molecular flexibility index (Phi) is 5.33. The first-order chi connectivity index (χ1) is 13.7. The van der Waals surface area contributed by atoms with E-state index in [0.29, 0.717) is 16.7 Å². The number of rotatable bonds is 5. The Morgan fingerprint density at radius 3 is 1.68 bits per heavy atom. The maximum Gasteiger partial charge on any atom is 0.168 e. The van der Waals surface area contributed by atoms with Crippen molar-refractivity contribution in [2.45, 2.75) is 6.92 Å². The van der Waals surface area contributed by atoms with Crippen LogP contribution in [0.25, 0.3) is 28.5 Å². The topological polar surface area (TPSA) is 39.9 Å². The summed E-state index contributed by atoms with van der Waals surface area (Å²) in [5.41, 5.74) is 2.78. The molecule has 28 heavy (non-hydrogen) atoms. The molecule has 0 amide bonds. The van der Waals surface area contributed by atoms with Crippen LogP contribution in [-0.2, 0) is 0 Å². The second kappa shape index (κ2) is 8.05. The minimum Gasteiger partial charge on any atom is -0.494 e. The largest absolute Gasteiger partial charge is 0.494 e. The zero-order chi connectivity index (χ0) is 19.5. The number of halogens is 2. The molecule has 4 aromatic rings. The number of hydrogen-bond donors (Lipinski definition) is 0. The Morgan fingerprint density at radius 1 is 0.714 bits per heavy atom. The molecule has 0 saturated heterocycles. The van der Waals surface area contributed by atoms with Crippen LogP contribution < -0.4 is 4.74 Å². The highest BCUT2D eigenvalue weighted by Crippen LogP contribution is 2.30. The van der Waals surface area contributed by atoms with Crippen molar-refractivity contribution in [3.8, 4) is 34.2 Å². The summed E-state index contributed by atoms with van der Waals surface area (Å²) in [6.07, 6.45) is 0. The molecule has 0 aliphatic rings. The van der Waals surface area contributed by atoms with Gasteiger partial charge in [-0.15, -0.1) is 10.2 Å². The quantitative estimate of drug-likeness (QED) is 0.387. The monoisotopic (exact) mass is 409 g/mol. The van der Waals surface area contributed by atoms with Crippen LogP contribution in [0.4, 0.5) is 0 Å². The maximum atomic E-state index is 6.08. The van der Waals surface area contributed by atoms with E-state index >= 15 is 0 Å². The van der Waals surface area contributed by atoms with Gasteiger partial charge >= 0.3 is 0 Å². The predicted octanol–water partition coefficient (Wildman–Crippen LogP) is 6.31. The first-order valence-electron chi connectivity index (χ1n) is 8.86. The smallest absolute Gasteiger partial charge is 0.168 e. The van der Waals surface area contributed by atoms with Crippen LogP contribution in [0.2, 0.25) is 10.0 Å². The first kappa shape index (κ1) is 18.5. The molecule has 4 rings (SSSR count). The van der Waals surface area contributed by atoms with Gasteiger partial charge < -0.3 is 4.74 Å². The molecule has 140 valence electrons. The molecule has 1 aromatic heterocycles. The highest BCUT2D eigenvalue weighted by Gasteiger charge is 2.17.